The lowest BCUT2D eigenvalue weighted by atomic mass is 10.1. The summed E-state index contributed by atoms with van der Waals surface area (Å²) in [5.41, 5.74) is 4.53. The number of thioether (sulfide) groups is 1. The van der Waals surface area contributed by atoms with Gasteiger partial charge in [0, 0.05) is 23.6 Å². The number of carbonyl (C=O) groups is 1. The van der Waals surface area contributed by atoms with Crippen molar-refractivity contribution < 1.29 is 4.79 Å². The van der Waals surface area contributed by atoms with Crippen LogP contribution in [0.15, 0.2) is 66.1 Å². The summed E-state index contributed by atoms with van der Waals surface area (Å²) in [6.07, 6.45) is 4.24. The zero-order valence-corrected chi connectivity index (χ0v) is 20.4. The molecule has 0 atom stereocenters. The first-order chi connectivity index (χ1) is 16.0. The standard InChI is InChI=1S/C24H21Cl2N5OS/c1-3-16-7-4-6-15(2)22(16)28-21(32)14-33-24-30-29-23(17-8-5-11-27-13-17)31(24)18-9-10-19(25)20(26)12-18/h4-13H,3,14H2,1-2H3,(H,28,32). The second kappa shape index (κ2) is 10.4. The monoisotopic (exact) mass is 497 g/mol. The van der Waals surface area contributed by atoms with Gasteiger partial charge in [0.15, 0.2) is 11.0 Å². The number of rotatable bonds is 7. The van der Waals surface area contributed by atoms with Crippen LogP contribution in [0.4, 0.5) is 5.69 Å². The van der Waals surface area contributed by atoms with E-state index in [0.29, 0.717) is 21.0 Å². The van der Waals surface area contributed by atoms with Gasteiger partial charge in [-0.1, -0.05) is 60.1 Å². The highest BCUT2D eigenvalue weighted by Gasteiger charge is 2.19. The van der Waals surface area contributed by atoms with Gasteiger partial charge in [-0.05, 0) is 54.8 Å². The minimum absolute atomic E-state index is 0.115. The number of amides is 1. The van der Waals surface area contributed by atoms with Crippen LogP contribution in [0.25, 0.3) is 17.1 Å². The highest BCUT2D eigenvalue weighted by atomic mass is 35.5. The number of halogens is 2. The number of benzene rings is 2. The average Bonchev–Trinajstić information content (AvgIpc) is 3.25. The van der Waals surface area contributed by atoms with Crippen molar-refractivity contribution in [2.24, 2.45) is 0 Å². The van der Waals surface area contributed by atoms with Crippen molar-refractivity contribution in [1.82, 2.24) is 19.7 Å². The van der Waals surface area contributed by atoms with E-state index in [9.17, 15) is 4.79 Å². The maximum atomic E-state index is 12.8. The van der Waals surface area contributed by atoms with Crippen molar-refractivity contribution in [3.63, 3.8) is 0 Å². The predicted molar refractivity (Wildman–Crippen MR) is 135 cm³/mol. The van der Waals surface area contributed by atoms with Crippen LogP contribution < -0.4 is 5.32 Å². The lowest BCUT2D eigenvalue weighted by Gasteiger charge is -2.13. The van der Waals surface area contributed by atoms with E-state index >= 15 is 0 Å². The highest BCUT2D eigenvalue weighted by Crippen LogP contribution is 2.31. The zero-order chi connectivity index (χ0) is 23.4. The molecule has 2 aromatic heterocycles. The van der Waals surface area contributed by atoms with Crippen LogP contribution in [0.5, 0.6) is 0 Å². The van der Waals surface area contributed by atoms with Crippen molar-refractivity contribution in [2.75, 3.05) is 11.1 Å². The van der Waals surface area contributed by atoms with Gasteiger partial charge in [0.25, 0.3) is 0 Å². The lowest BCUT2D eigenvalue weighted by molar-refractivity contribution is -0.113. The molecule has 6 nitrogen and oxygen atoms in total. The Hall–Kier alpha value is -2.87. The van der Waals surface area contributed by atoms with Crippen LogP contribution in [0.1, 0.15) is 18.1 Å². The van der Waals surface area contributed by atoms with Crippen LogP contribution >= 0.6 is 35.0 Å². The summed E-state index contributed by atoms with van der Waals surface area (Å²) in [6.45, 7) is 4.06. The van der Waals surface area contributed by atoms with E-state index < -0.39 is 0 Å². The Morgan fingerprint density at radius 1 is 1.09 bits per heavy atom. The number of nitrogens with zero attached hydrogens (tertiary/aromatic N) is 4. The minimum atomic E-state index is -0.115. The fourth-order valence-corrected chi connectivity index (χ4v) is 4.45. The van der Waals surface area contributed by atoms with Gasteiger partial charge in [-0.15, -0.1) is 10.2 Å². The molecule has 0 aliphatic heterocycles. The molecule has 1 amide bonds. The molecule has 4 aromatic rings. The topological polar surface area (TPSA) is 72.7 Å². The quantitative estimate of drug-likeness (QED) is 0.306. The van der Waals surface area contributed by atoms with Crippen molar-refractivity contribution >= 4 is 46.6 Å². The van der Waals surface area contributed by atoms with Crippen molar-refractivity contribution in [2.45, 2.75) is 25.4 Å². The Kier molecular flexibility index (Phi) is 7.33. The number of aromatic nitrogens is 4. The van der Waals surface area contributed by atoms with Crippen molar-refractivity contribution in [3.05, 3.63) is 82.1 Å². The van der Waals surface area contributed by atoms with Gasteiger partial charge in [0.2, 0.25) is 5.91 Å². The summed E-state index contributed by atoms with van der Waals surface area (Å²) < 4.78 is 1.85. The molecular weight excluding hydrogens is 477 g/mol. The van der Waals surface area contributed by atoms with Gasteiger partial charge in [-0.25, -0.2) is 0 Å². The molecule has 9 heteroatoms. The molecule has 0 fully saturated rings. The zero-order valence-electron chi connectivity index (χ0n) is 18.0. The van der Waals surface area contributed by atoms with Crippen LogP contribution in [-0.4, -0.2) is 31.4 Å². The maximum absolute atomic E-state index is 12.8. The third kappa shape index (κ3) is 5.21. The summed E-state index contributed by atoms with van der Waals surface area (Å²) in [7, 11) is 0. The van der Waals surface area contributed by atoms with Crippen molar-refractivity contribution in [1.29, 1.82) is 0 Å². The number of carbonyl (C=O) groups excluding carboxylic acids is 1. The van der Waals surface area contributed by atoms with Crippen molar-refractivity contribution in [3.8, 4) is 17.1 Å². The van der Waals surface area contributed by atoms with Gasteiger partial charge in [0.1, 0.15) is 0 Å². The molecule has 0 aliphatic carbocycles. The number of hydrogen-bond acceptors (Lipinski definition) is 5. The Morgan fingerprint density at radius 2 is 1.94 bits per heavy atom. The van der Waals surface area contributed by atoms with Crippen LogP contribution in [0.3, 0.4) is 0 Å². The number of nitrogens with one attached hydrogen (secondary N) is 1. The fourth-order valence-electron chi connectivity index (χ4n) is 3.41. The Morgan fingerprint density at radius 3 is 2.67 bits per heavy atom. The number of hydrogen-bond donors (Lipinski definition) is 1. The molecule has 2 aromatic carbocycles. The average molecular weight is 498 g/mol. The van der Waals surface area contributed by atoms with Gasteiger partial charge >= 0.3 is 0 Å². The van der Waals surface area contributed by atoms with Crippen LogP contribution in [0.2, 0.25) is 10.0 Å². The molecule has 1 N–H and O–H groups in total. The third-order valence-electron chi connectivity index (χ3n) is 5.05. The molecule has 2 heterocycles. The van der Waals surface area contributed by atoms with E-state index in [1.54, 1.807) is 24.5 Å². The van der Waals surface area contributed by atoms with E-state index in [1.165, 1.54) is 11.8 Å². The number of para-hydroxylation sites is 1. The summed E-state index contributed by atoms with van der Waals surface area (Å²) in [5.74, 6) is 0.649. The van der Waals surface area contributed by atoms with E-state index in [-0.39, 0.29) is 11.7 Å². The lowest BCUT2D eigenvalue weighted by Crippen LogP contribution is -2.16. The Balaban J connectivity index is 1.62. The molecule has 0 unspecified atom stereocenters. The SMILES string of the molecule is CCc1cccc(C)c1NC(=O)CSc1nnc(-c2cccnc2)n1-c1ccc(Cl)c(Cl)c1. The van der Waals surface area contributed by atoms with E-state index in [2.05, 4.69) is 27.4 Å². The molecule has 0 aliphatic rings. The maximum Gasteiger partial charge on any atom is 0.234 e. The number of anilines is 1. The highest BCUT2D eigenvalue weighted by molar-refractivity contribution is 7.99. The first-order valence-electron chi connectivity index (χ1n) is 10.3. The summed E-state index contributed by atoms with van der Waals surface area (Å²) in [6, 6.07) is 15.0. The molecule has 33 heavy (non-hydrogen) atoms. The summed E-state index contributed by atoms with van der Waals surface area (Å²) >= 11 is 13.7. The molecular formula is C24H21Cl2N5OS. The van der Waals surface area contributed by atoms with E-state index in [4.69, 9.17) is 23.2 Å². The first-order valence-corrected chi connectivity index (χ1v) is 12.0. The second-order valence-corrected chi connectivity index (χ2v) is 9.04. The molecule has 0 spiro atoms. The van der Waals surface area contributed by atoms with Crippen LogP contribution in [0, 0.1) is 6.92 Å². The van der Waals surface area contributed by atoms with E-state index in [0.717, 1.165) is 34.5 Å². The number of pyridine rings is 1. The summed E-state index contributed by atoms with van der Waals surface area (Å²) in [4.78, 5) is 17.0. The first kappa shape index (κ1) is 23.3. The smallest absolute Gasteiger partial charge is 0.234 e. The van der Waals surface area contributed by atoms with Gasteiger partial charge in [0.05, 0.1) is 21.5 Å². The van der Waals surface area contributed by atoms with Gasteiger partial charge in [-0.3, -0.25) is 14.3 Å². The Bertz CT molecular complexity index is 1290. The minimum Gasteiger partial charge on any atom is -0.325 e. The second-order valence-electron chi connectivity index (χ2n) is 7.28. The van der Waals surface area contributed by atoms with Gasteiger partial charge < -0.3 is 5.32 Å². The summed E-state index contributed by atoms with van der Waals surface area (Å²) in [5, 5.41) is 13.2. The predicted octanol–water partition coefficient (Wildman–Crippen LogP) is 6.24. The molecule has 0 radical (unpaired) electrons. The molecule has 168 valence electrons. The fraction of sp³-hybridized carbons (Fsp3) is 0.167. The molecule has 4 rings (SSSR count). The van der Waals surface area contributed by atoms with Crippen LogP contribution in [-0.2, 0) is 11.2 Å². The van der Waals surface area contributed by atoms with E-state index in [1.807, 2.05) is 47.9 Å². The molecule has 0 bridgehead atoms. The Labute approximate surface area is 206 Å². The molecule has 0 saturated heterocycles. The largest absolute Gasteiger partial charge is 0.325 e. The number of aryl methyl sites for hydroxylation is 2. The normalized spacial score (nSPS) is 10.9. The third-order valence-corrected chi connectivity index (χ3v) is 6.72. The van der Waals surface area contributed by atoms with Gasteiger partial charge in [-0.2, -0.15) is 0 Å². The molecule has 0 saturated carbocycles.